The van der Waals surface area contributed by atoms with Crippen LogP contribution in [0, 0.1) is 11.8 Å². The van der Waals surface area contributed by atoms with E-state index in [1.54, 1.807) is 0 Å². The van der Waals surface area contributed by atoms with Gasteiger partial charge in [-0.1, -0.05) is 0 Å². The predicted molar refractivity (Wildman–Crippen MR) is 39.8 cm³/mol. The van der Waals surface area contributed by atoms with Crippen LogP contribution in [0.5, 0.6) is 0 Å². The Morgan fingerprint density at radius 2 is 2.27 bits per heavy atom. The highest BCUT2D eigenvalue weighted by molar-refractivity contribution is 5.86. The molecule has 1 amide bonds. The van der Waals surface area contributed by atoms with Crippen molar-refractivity contribution in [1.82, 2.24) is 5.32 Å². The summed E-state index contributed by atoms with van der Waals surface area (Å²) >= 11 is 0. The number of hydrogen-bond donors (Lipinski definition) is 2. The van der Waals surface area contributed by atoms with Crippen LogP contribution in [-0.4, -0.2) is 22.7 Å². The summed E-state index contributed by atoms with van der Waals surface area (Å²) in [5.74, 6) is 0.241. The van der Waals surface area contributed by atoms with Gasteiger partial charge in [0.05, 0.1) is 11.5 Å². The van der Waals surface area contributed by atoms with Gasteiger partial charge in [0.15, 0.2) is 0 Å². The van der Waals surface area contributed by atoms with Gasteiger partial charge in [0.1, 0.15) is 0 Å². The Morgan fingerprint density at radius 1 is 1.73 bits per heavy atom. The zero-order valence-corrected chi connectivity index (χ0v) is 6.79. The minimum absolute atomic E-state index is 0.0266. The molecule has 2 fully saturated rings. The van der Waals surface area contributed by atoms with E-state index in [0.717, 1.165) is 6.42 Å². The summed E-state index contributed by atoms with van der Waals surface area (Å²) in [5, 5.41) is 12.2. The number of aliphatic hydroxyl groups is 1. The van der Waals surface area contributed by atoms with Gasteiger partial charge in [0.25, 0.3) is 0 Å². The van der Waals surface area contributed by atoms with Crippen LogP contribution in [0.2, 0.25) is 0 Å². The van der Waals surface area contributed by atoms with Crippen LogP contribution in [0.25, 0.3) is 0 Å². The number of carbonyl (C=O) groups excluding carboxylic acids is 1. The molecule has 0 spiro atoms. The number of carbonyl (C=O) groups is 1. The van der Waals surface area contributed by atoms with E-state index in [-0.39, 0.29) is 17.9 Å². The second-order valence-electron chi connectivity index (χ2n) is 3.94. The molecular weight excluding hydrogens is 142 g/mol. The van der Waals surface area contributed by atoms with Crippen LogP contribution in [0.3, 0.4) is 0 Å². The standard InChI is InChI=1S/C8H13NO2/c1-4(2)9-7(10)6-5-3-8(5,6)11/h4-6,11H,3H2,1-2H3,(H,9,10). The van der Waals surface area contributed by atoms with Gasteiger partial charge < -0.3 is 10.4 Å². The molecule has 0 aromatic rings. The van der Waals surface area contributed by atoms with Crippen molar-refractivity contribution in [2.45, 2.75) is 31.9 Å². The smallest absolute Gasteiger partial charge is 0.226 e. The molecule has 2 aliphatic rings. The minimum atomic E-state index is -0.570. The van der Waals surface area contributed by atoms with Crippen molar-refractivity contribution in [3.8, 4) is 0 Å². The van der Waals surface area contributed by atoms with Crippen molar-refractivity contribution >= 4 is 5.91 Å². The van der Waals surface area contributed by atoms with Crippen molar-refractivity contribution in [2.24, 2.45) is 11.8 Å². The van der Waals surface area contributed by atoms with E-state index in [1.165, 1.54) is 0 Å². The number of rotatable bonds is 2. The van der Waals surface area contributed by atoms with Gasteiger partial charge in [-0.3, -0.25) is 4.79 Å². The Balaban J connectivity index is 1.85. The van der Waals surface area contributed by atoms with Crippen molar-refractivity contribution in [2.75, 3.05) is 0 Å². The molecule has 0 aliphatic heterocycles. The summed E-state index contributed by atoms with van der Waals surface area (Å²) in [4.78, 5) is 11.2. The van der Waals surface area contributed by atoms with Crippen LogP contribution in [-0.2, 0) is 4.79 Å². The third kappa shape index (κ3) is 0.872. The quantitative estimate of drug-likeness (QED) is 0.584. The maximum absolute atomic E-state index is 11.2. The molecule has 0 radical (unpaired) electrons. The summed E-state index contributed by atoms with van der Waals surface area (Å²) in [6.45, 7) is 3.85. The highest BCUT2D eigenvalue weighted by atomic mass is 16.3. The van der Waals surface area contributed by atoms with Crippen molar-refractivity contribution in [3.05, 3.63) is 0 Å². The van der Waals surface area contributed by atoms with Gasteiger partial charge in [-0.15, -0.1) is 0 Å². The Labute approximate surface area is 65.8 Å². The molecule has 3 nitrogen and oxygen atoms in total. The number of hydrogen-bond acceptors (Lipinski definition) is 2. The Kier molecular flexibility index (Phi) is 1.15. The lowest BCUT2D eigenvalue weighted by molar-refractivity contribution is -0.125. The summed E-state index contributed by atoms with van der Waals surface area (Å²) in [6.07, 6.45) is 0.836. The minimum Gasteiger partial charge on any atom is -0.389 e. The van der Waals surface area contributed by atoms with Gasteiger partial charge in [0.2, 0.25) is 5.91 Å². The number of amides is 1. The lowest BCUT2D eigenvalue weighted by Crippen LogP contribution is -2.35. The molecule has 2 saturated carbocycles. The fraction of sp³-hybridized carbons (Fsp3) is 0.875. The fourth-order valence-electron chi connectivity index (χ4n) is 1.67. The van der Waals surface area contributed by atoms with E-state index in [9.17, 15) is 9.90 Å². The van der Waals surface area contributed by atoms with Gasteiger partial charge >= 0.3 is 0 Å². The summed E-state index contributed by atoms with van der Waals surface area (Å²) in [7, 11) is 0. The van der Waals surface area contributed by atoms with Crippen molar-refractivity contribution in [3.63, 3.8) is 0 Å². The first kappa shape index (κ1) is 7.10. The average molecular weight is 155 g/mol. The van der Waals surface area contributed by atoms with Crippen molar-refractivity contribution in [1.29, 1.82) is 0 Å². The molecule has 3 heteroatoms. The molecule has 0 bridgehead atoms. The number of nitrogens with one attached hydrogen (secondary N) is 1. The van der Waals surface area contributed by atoms with Crippen LogP contribution in [0.4, 0.5) is 0 Å². The molecule has 0 heterocycles. The van der Waals surface area contributed by atoms with Crippen LogP contribution < -0.4 is 5.32 Å². The van der Waals surface area contributed by atoms with E-state index in [0.29, 0.717) is 5.92 Å². The van der Waals surface area contributed by atoms with Gasteiger partial charge in [-0.25, -0.2) is 0 Å². The highest BCUT2D eigenvalue weighted by Crippen LogP contribution is 2.71. The normalized spacial score (nSPS) is 45.1. The lowest BCUT2D eigenvalue weighted by Gasteiger charge is -2.10. The molecule has 2 N–H and O–H groups in total. The molecule has 11 heavy (non-hydrogen) atoms. The maximum atomic E-state index is 11.2. The SMILES string of the molecule is CC(C)NC(=O)C1C2CC21O. The lowest BCUT2D eigenvalue weighted by atomic mass is 10.1. The third-order valence-electron chi connectivity index (χ3n) is 2.57. The second kappa shape index (κ2) is 1.78. The molecule has 62 valence electrons. The van der Waals surface area contributed by atoms with E-state index < -0.39 is 5.60 Å². The molecule has 2 rings (SSSR count). The molecule has 0 aromatic heterocycles. The Hall–Kier alpha value is -0.570. The zero-order chi connectivity index (χ0) is 8.22. The molecule has 3 atom stereocenters. The Morgan fingerprint density at radius 3 is 2.55 bits per heavy atom. The molecular formula is C8H13NO2. The molecule has 0 aromatic carbocycles. The first-order chi connectivity index (χ1) is 5.05. The molecule has 0 saturated heterocycles. The van der Waals surface area contributed by atoms with Crippen LogP contribution >= 0.6 is 0 Å². The van der Waals surface area contributed by atoms with Gasteiger partial charge in [-0.05, 0) is 20.3 Å². The van der Waals surface area contributed by atoms with E-state index >= 15 is 0 Å². The number of fused-ring (bicyclic) bond motifs is 1. The monoisotopic (exact) mass is 155 g/mol. The largest absolute Gasteiger partial charge is 0.389 e. The second-order valence-corrected chi connectivity index (χ2v) is 3.94. The summed E-state index contributed by atoms with van der Waals surface area (Å²) in [5.41, 5.74) is -0.570. The fourth-order valence-corrected chi connectivity index (χ4v) is 1.67. The zero-order valence-electron chi connectivity index (χ0n) is 6.79. The third-order valence-corrected chi connectivity index (χ3v) is 2.57. The predicted octanol–water partition coefficient (Wildman–Crippen LogP) is -0.108. The topological polar surface area (TPSA) is 49.3 Å². The van der Waals surface area contributed by atoms with E-state index in [2.05, 4.69) is 5.32 Å². The summed E-state index contributed by atoms with van der Waals surface area (Å²) in [6, 6.07) is 0.186. The van der Waals surface area contributed by atoms with Gasteiger partial charge in [-0.2, -0.15) is 0 Å². The molecule has 2 aliphatic carbocycles. The highest BCUT2D eigenvalue weighted by Gasteiger charge is 2.81. The molecule has 3 unspecified atom stereocenters. The maximum Gasteiger partial charge on any atom is 0.226 e. The van der Waals surface area contributed by atoms with Gasteiger partial charge in [0, 0.05) is 12.0 Å². The first-order valence-corrected chi connectivity index (χ1v) is 4.08. The Bertz CT molecular complexity index is 214. The first-order valence-electron chi connectivity index (χ1n) is 4.08. The summed E-state index contributed by atoms with van der Waals surface area (Å²) < 4.78 is 0. The van der Waals surface area contributed by atoms with Crippen molar-refractivity contribution < 1.29 is 9.90 Å². The average Bonchev–Trinajstić information content (AvgIpc) is 2.52. The van der Waals surface area contributed by atoms with E-state index in [4.69, 9.17) is 0 Å². The van der Waals surface area contributed by atoms with Crippen LogP contribution in [0.15, 0.2) is 0 Å². The van der Waals surface area contributed by atoms with Crippen LogP contribution in [0.1, 0.15) is 20.3 Å². The van der Waals surface area contributed by atoms with E-state index in [1.807, 2.05) is 13.8 Å².